The molecule has 1 rings (SSSR count). The van der Waals surface area contributed by atoms with E-state index in [-0.39, 0.29) is 5.91 Å². The number of carbonyl (C=O) groups is 1. The Labute approximate surface area is 54.1 Å². The van der Waals surface area contributed by atoms with Crippen LogP contribution in [-0.4, -0.2) is 11.6 Å². The van der Waals surface area contributed by atoms with Crippen molar-refractivity contribution < 1.29 is 4.79 Å². The van der Waals surface area contributed by atoms with Gasteiger partial charge >= 0.3 is 0 Å². The molecule has 3 nitrogen and oxygen atoms in total. The number of rotatable bonds is 2. The maximum absolute atomic E-state index is 10.4. The lowest BCUT2D eigenvalue weighted by Gasteiger charge is -1.88. The van der Waals surface area contributed by atoms with Gasteiger partial charge in [-0.15, -0.1) is 5.43 Å². The third-order valence-corrected chi connectivity index (χ3v) is 1.20. The molecule has 0 atom stereocenters. The molecular weight excluding hydrogens is 116 g/mol. The molecule has 3 heteroatoms. The van der Waals surface area contributed by atoms with Crippen molar-refractivity contribution in [1.82, 2.24) is 5.43 Å². The number of amides is 1. The van der Waals surface area contributed by atoms with Gasteiger partial charge in [-0.1, -0.05) is 13.3 Å². The molecule has 1 aliphatic rings. The Hall–Kier alpha value is -0.860. The second-order valence-electron chi connectivity index (χ2n) is 2.09. The molecule has 0 unspecified atom stereocenters. The fourth-order valence-electron chi connectivity index (χ4n) is 0.799. The van der Waals surface area contributed by atoms with Gasteiger partial charge in [-0.2, -0.15) is 5.10 Å². The third kappa shape index (κ3) is 1.52. The summed E-state index contributed by atoms with van der Waals surface area (Å²) >= 11 is 0. The van der Waals surface area contributed by atoms with E-state index in [9.17, 15) is 4.79 Å². The largest absolute Gasteiger partial charge is 0.270 e. The third-order valence-electron chi connectivity index (χ3n) is 1.20. The summed E-state index contributed by atoms with van der Waals surface area (Å²) in [4.78, 5) is 10.4. The number of hydrogen-bond acceptors (Lipinski definition) is 2. The quantitative estimate of drug-likeness (QED) is 0.535. The van der Waals surface area contributed by atoms with Crippen LogP contribution in [0.3, 0.4) is 0 Å². The molecule has 0 aromatic rings. The van der Waals surface area contributed by atoms with Gasteiger partial charge in [0.1, 0.15) is 0 Å². The standard InChI is InChI=1S/C6H9N2O/c1-2-3-5-4-6(9)8-7-5/h2-4H2,1H3. The second kappa shape index (κ2) is 2.62. The minimum absolute atomic E-state index is 0.0987. The van der Waals surface area contributed by atoms with Crippen LogP contribution in [0.1, 0.15) is 26.2 Å². The highest BCUT2D eigenvalue weighted by atomic mass is 16.2. The number of nitrogens with zero attached hydrogens (tertiary/aromatic N) is 2. The van der Waals surface area contributed by atoms with Crippen LogP contribution in [0, 0.1) is 0 Å². The average Bonchev–Trinajstić information content (AvgIpc) is 2.17. The van der Waals surface area contributed by atoms with Crippen LogP contribution in [0.5, 0.6) is 0 Å². The van der Waals surface area contributed by atoms with E-state index in [0.717, 1.165) is 18.6 Å². The summed E-state index contributed by atoms with van der Waals surface area (Å²) in [6.07, 6.45) is 2.41. The Kier molecular flexibility index (Phi) is 1.82. The van der Waals surface area contributed by atoms with Crippen LogP contribution < -0.4 is 5.43 Å². The second-order valence-corrected chi connectivity index (χ2v) is 2.09. The zero-order valence-corrected chi connectivity index (χ0v) is 5.42. The van der Waals surface area contributed by atoms with Crippen molar-refractivity contribution in [3.05, 3.63) is 0 Å². The van der Waals surface area contributed by atoms with E-state index in [0.29, 0.717) is 6.42 Å². The summed E-state index contributed by atoms with van der Waals surface area (Å²) in [5.41, 5.74) is 4.32. The molecule has 0 saturated carbocycles. The summed E-state index contributed by atoms with van der Waals surface area (Å²) in [5.74, 6) is -0.0987. The van der Waals surface area contributed by atoms with Gasteiger partial charge in [0, 0.05) is 0 Å². The molecule has 0 fully saturated rings. The van der Waals surface area contributed by atoms with Crippen molar-refractivity contribution in [2.75, 3.05) is 0 Å². The molecule has 0 N–H and O–H groups in total. The Balaban J connectivity index is 2.36. The summed E-state index contributed by atoms with van der Waals surface area (Å²) in [7, 11) is 0. The molecule has 9 heavy (non-hydrogen) atoms. The predicted octanol–water partition coefficient (Wildman–Crippen LogP) is 0.677. The molecule has 1 amide bonds. The van der Waals surface area contributed by atoms with E-state index in [1.807, 2.05) is 0 Å². The highest BCUT2D eigenvalue weighted by Gasteiger charge is 2.14. The Morgan fingerprint density at radius 2 is 2.44 bits per heavy atom. The smallest absolute Gasteiger partial charge is 0.270 e. The van der Waals surface area contributed by atoms with Crippen LogP contribution in [0.25, 0.3) is 0 Å². The van der Waals surface area contributed by atoms with E-state index >= 15 is 0 Å². The van der Waals surface area contributed by atoms with Crippen LogP contribution in [-0.2, 0) is 4.79 Å². The Bertz CT molecular complexity index is 151. The molecule has 1 radical (unpaired) electrons. The van der Waals surface area contributed by atoms with Gasteiger partial charge in [-0.25, -0.2) is 0 Å². The van der Waals surface area contributed by atoms with E-state index < -0.39 is 0 Å². The van der Waals surface area contributed by atoms with Gasteiger partial charge in [0.2, 0.25) is 0 Å². The monoisotopic (exact) mass is 125 g/mol. The van der Waals surface area contributed by atoms with Crippen LogP contribution in [0.4, 0.5) is 0 Å². The zero-order chi connectivity index (χ0) is 6.69. The molecule has 0 spiro atoms. The average molecular weight is 125 g/mol. The zero-order valence-electron chi connectivity index (χ0n) is 5.42. The molecule has 1 heterocycles. The molecule has 0 aromatic carbocycles. The SMILES string of the molecule is CCCC1=N[N]C(=O)C1. The predicted molar refractivity (Wildman–Crippen MR) is 34.1 cm³/mol. The van der Waals surface area contributed by atoms with Crippen LogP contribution in [0.2, 0.25) is 0 Å². The van der Waals surface area contributed by atoms with Crippen molar-refractivity contribution in [1.29, 1.82) is 0 Å². The van der Waals surface area contributed by atoms with Gasteiger partial charge < -0.3 is 0 Å². The maximum atomic E-state index is 10.4. The lowest BCUT2D eigenvalue weighted by Crippen LogP contribution is -2.02. The van der Waals surface area contributed by atoms with E-state index in [2.05, 4.69) is 17.5 Å². The summed E-state index contributed by atoms with van der Waals surface area (Å²) < 4.78 is 0. The van der Waals surface area contributed by atoms with Crippen molar-refractivity contribution >= 4 is 11.6 Å². The van der Waals surface area contributed by atoms with Crippen molar-refractivity contribution in [2.45, 2.75) is 26.2 Å². The van der Waals surface area contributed by atoms with Crippen molar-refractivity contribution in [2.24, 2.45) is 5.10 Å². The molecule has 49 valence electrons. The number of hydrogen-bond donors (Lipinski definition) is 0. The topological polar surface area (TPSA) is 43.5 Å². The Morgan fingerprint density at radius 3 is 2.89 bits per heavy atom. The minimum Gasteiger partial charge on any atom is -0.270 e. The minimum atomic E-state index is -0.0987. The van der Waals surface area contributed by atoms with Crippen molar-refractivity contribution in [3.63, 3.8) is 0 Å². The molecular formula is C6H9N2O. The summed E-state index contributed by atoms with van der Waals surface area (Å²) in [6.45, 7) is 2.06. The van der Waals surface area contributed by atoms with E-state index in [1.54, 1.807) is 0 Å². The van der Waals surface area contributed by atoms with Gasteiger partial charge in [0.05, 0.1) is 12.1 Å². The molecule has 0 aliphatic carbocycles. The van der Waals surface area contributed by atoms with E-state index in [4.69, 9.17) is 0 Å². The molecule has 1 aliphatic heterocycles. The summed E-state index contributed by atoms with van der Waals surface area (Å²) in [5, 5.41) is 3.70. The van der Waals surface area contributed by atoms with E-state index in [1.165, 1.54) is 0 Å². The maximum Gasteiger partial charge on any atom is 0.270 e. The highest BCUT2D eigenvalue weighted by molar-refractivity contribution is 6.04. The molecule has 0 bridgehead atoms. The molecule has 0 aromatic heterocycles. The van der Waals surface area contributed by atoms with Gasteiger partial charge in [0.15, 0.2) is 0 Å². The lowest BCUT2D eigenvalue weighted by molar-refractivity contribution is -0.119. The van der Waals surface area contributed by atoms with Crippen LogP contribution >= 0.6 is 0 Å². The lowest BCUT2D eigenvalue weighted by atomic mass is 10.2. The fourth-order valence-corrected chi connectivity index (χ4v) is 0.799. The Morgan fingerprint density at radius 1 is 1.67 bits per heavy atom. The first-order valence-corrected chi connectivity index (χ1v) is 3.12. The van der Waals surface area contributed by atoms with Crippen molar-refractivity contribution in [3.8, 4) is 0 Å². The molecule has 0 saturated heterocycles. The van der Waals surface area contributed by atoms with Gasteiger partial charge in [-0.3, -0.25) is 4.79 Å². The van der Waals surface area contributed by atoms with Gasteiger partial charge in [0.25, 0.3) is 5.91 Å². The summed E-state index contributed by atoms with van der Waals surface area (Å²) in [6, 6.07) is 0. The first-order chi connectivity index (χ1) is 4.33. The highest BCUT2D eigenvalue weighted by Crippen LogP contribution is 2.02. The van der Waals surface area contributed by atoms with Crippen LogP contribution in [0.15, 0.2) is 5.10 Å². The number of carbonyl (C=O) groups excluding carboxylic acids is 1. The normalized spacial score (nSPS) is 17.4. The first-order valence-electron chi connectivity index (χ1n) is 3.12. The van der Waals surface area contributed by atoms with Gasteiger partial charge in [-0.05, 0) is 6.42 Å². The fraction of sp³-hybridized carbons (Fsp3) is 0.667. The first kappa shape index (κ1) is 6.26.